The summed E-state index contributed by atoms with van der Waals surface area (Å²) in [6, 6.07) is 14.6. The normalized spacial score (nSPS) is 12.0. The summed E-state index contributed by atoms with van der Waals surface area (Å²) in [5, 5.41) is 6.81. The molecule has 0 aliphatic heterocycles. The van der Waals surface area contributed by atoms with E-state index < -0.39 is 0 Å². The highest BCUT2D eigenvalue weighted by molar-refractivity contribution is 5.79. The standard InChI is InChI=1S/C20H29N5/c1-20(2,17-11-7-6-8-12-17)15-24-19(21-3)23-14-16-10-9-13-22-18(16)25(4)5/h6-13H,14-15H2,1-5H3,(H2,21,23,24). The van der Waals surface area contributed by atoms with E-state index in [1.165, 1.54) is 5.56 Å². The Bertz CT molecular complexity index is 692. The molecule has 2 rings (SSSR count). The molecule has 0 aliphatic carbocycles. The number of nitrogens with one attached hydrogen (secondary N) is 2. The van der Waals surface area contributed by atoms with Crippen LogP contribution in [0.4, 0.5) is 5.82 Å². The van der Waals surface area contributed by atoms with Gasteiger partial charge in [0, 0.05) is 51.4 Å². The molecule has 1 aromatic heterocycles. The Kier molecular flexibility index (Phi) is 6.39. The molecule has 1 heterocycles. The maximum atomic E-state index is 4.43. The van der Waals surface area contributed by atoms with E-state index in [0.717, 1.165) is 23.9 Å². The van der Waals surface area contributed by atoms with E-state index in [0.29, 0.717) is 6.54 Å². The van der Waals surface area contributed by atoms with Crippen molar-refractivity contribution in [1.29, 1.82) is 0 Å². The van der Waals surface area contributed by atoms with Crippen LogP contribution in [0.3, 0.4) is 0 Å². The van der Waals surface area contributed by atoms with Crippen LogP contribution < -0.4 is 15.5 Å². The number of anilines is 1. The molecule has 0 saturated carbocycles. The monoisotopic (exact) mass is 339 g/mol. The first-order valence-corrected chi connectivity index (χ1v) is 8.55. The van der Waals surface area contributed by atoms with E-state index in [1.807, 2.05) is 37.3 Å². The third-order valence-corrected chi connectivity index (χ3v) is 4.21. The van der Waals surface area contributed by atoms with Crippen molar-refractivity contribution in [1.82, 2.24) is 15.6 Å². The van der Waals surface area contributed by atoms with Crippen molar-refractivity contribution in [3.8, 4) is 0 Å². The van der Waals surface area contributed by atoms with Gasteiger partial charge in [-0.1, -0.05) is 50.2 Å². The van der Waals surface area contributed by atoms with Crippen molar-refractivity contribution in [3.05, 3.63) is 59.8 Å². The van der Waals surface area contributed by atoms with Gasteiger partial charge in [0.25, 0.3) is 0 Å². The number of benzene rings is 1. The van der Waals surface area contributed by atoms with E-state index in [4.69, 9.17) is 0 Å². The molecule has 134 valence electrons. The number of rotatable bonds is 6. The Hall–Kier alpha value is -2.56. The summed E-state index contributed by atoms with van der Waals surface area (Å²) in [5.41, 5.74) is 2.46. The molecular formula is C20H29N5. The molecule has 0 unspecified atom stereocenters. The van der Waals surface area contributed by atoms with Gasteiger partial charge in [-0.3, -0.25) is 4.99 Å². The highest BCUT2D eigenvalue weighted by Gasteiger charge is 2.20. The van der Waals surface area contributed by atoms with Gasteiger partial charge in [-0.05, 0) is 11.6 Å². The quantitative estimate of drug-likeness (QED) is 0.628. The topological polar surface area (TPSA) is 52.6 Å². The van der Waals surface area contributed by atoms with Crippen molar-refractivity contribution in [3.63, 3.8) is 0 Å². The predicted octanol–water partition coefficient (Wildman–Crippen LogP) is 2.79. The fourth-order valence-corrected chi connectivity index (χ4v) is 2.67. The van der Waals surface area contributed by atoms with Gasteiger partial charge in [0.1, 0.15) is 5.82 Å². The molecule has 0 amide bonds. The Morgan fingerprint density at radius 3 is 2.44 bits per heavy atom. The zero-order chi connectivity index (χ0) is 18.3. The zero-order valence-electron chi connectivity index (χ0n) is 15.9. The molecule has 0 saturated heterocycles. The summed E-state index contributed by atoms with van der Waals surface area (Å²) in [5.74, 6) is 1.76. The molecule has 0 aliphatic rings. The van der Waals surface area contributed by atoms with Crippen LogP contribution in [-0.4, -0.2) is 38.6 Å². The molecule has 0 bridgehead atoms. The van der Waals surface area contributed by atoms with Gasteiger partial charge in [-0.15, -0.1) is 0 Å². The Balaban J connectivity index is 1.96. The van der Waals surface area contributed by atoms with Crippen molar-refractivity contribution >= 4 is 11.8 Å². The SMILES string of the molecule is CN=C(NCc1cccnc1N(C)C)NCC(C)(C)c1ccccc1. The molecule has 25 heavy (non-hydrogen) atoms. The lowest BCUT2D eigenvalue weighted by Gasteiger charge is -2.27. The third-order valence-electron chi connectivity index (χ3n) is 4.21. The Morgan fingerprint density at radius 1 is 1.08 bits per heavy atom. The molecule has 0 radical (unpaired) electrons. The molecule has 2 N–H and O–H groups in total. The summed E-state index contributed by atoms with van der Waals surface area (Å²) < 4.78 is 0. The molecule has 0 spiro atoms. The smallest absolute Gasteiger partial charge is 0.191 e. The van der Waals surface area contributed by atoms with Crippen molar-refractivity contribution in [2.75, 3.05) is 32.6 Å². The van der Waals surface area contributed by atoms with Crippen molar-refractivity contribution < 1.29 is 0 Å². The molecule has 5 heteroatoms. The average Bonchev–Trinajstić information content (AvgIpc) is 2.62. The van der Waals surface area contributed by atoms with Gasteiger partial charge in [-0.25, -0.2) is 4.98 Å². The fraction of sp³-hybridized carbons (Fsp3) is 0.400. The lowest BCUT2D eigenvalue weighted by Crippen LogP contribution is -2.43. The van der Waals surface area contributed by atoms with Gasteiger partial charge in [0.05, 0.1) is 0 Å². The van der Waals surface area contributed by atoms with Gasteiger partial charge < -0.3 is 15.5 Å². The van der Waals surface area contributed by atoms with Crippen LogP contribution in [0.1, 0.15) is 25.0 Å². The first-order chi connectivity index (χ1) is 11.9. The number of aromatic nitrogens is 1. The largest absolute Gasteiger partial charge is 0.362 e. The average molecular weight is 339 g/mol. The number of nitrogens with zero attached hydrogens (tertiary/aromatic N) is 3. The second kappa shape index (κ2) is 8.51. The Morgan fingerprint density at radius 2 is 1.80 bits per heavy atom. The molecule has 0 fully saturated rings. The van der Waals surface area contributed by atoms with E-state index in [2.05, 4.69) is 64.8 Å². The highest BCUT2D eigenvalue weighted by Crippen LogP contribution is 2.21. The van der Waals surface area contributed by atoms with Gasteiger partial charge in [-0.2, -0.15) is 0 Å². The zero-order valence-corrected chi connectivity index (χ0v) is 15.9. The van der Waals surface area contributed by atoms with Gasteiger partial charge in [0.15, 0.2) is 5.96 Å². The van der Waals surface area contributed by atoms with E-state index in [9.17, 15) is 0 Å². The third kappa shape index (κ3) is 5.21. The molecule has 0 atom stereocenters. The highest BCUT2D eigenvalue weighted by atomic mass is 15.2. The summed E-state index contributed by atoms with van der Waals surface area (Å²) in [4.78, 5) is 10.8. The lowest BCUT2D eigenvalue weighted by atomic mass is 9.85. The number of guanidine groups is 1. The maximum absolute atomic E-state index is 4.43. The summed E-state index contributed by atoms with van der Waals surface area (Å²) >= 11 is 0. The molecule has 1 aromatic carbocycles. The number of hydrogen-bond donors (Lipinski definition) is 2. The van der Waals surface area contributed by atoms with Crippen LogP contribution in [0.2, 0.25) is 0 Å². The number of pyridine rings is 1. The van der Waals surface area contributed by atoms with Gasteiger partial charge >= 0.3 is 0 Å². The van der Waals surface area contributed by atoms with Crippen molar-refractivity contribution in [2.24, 2.45) is 4.99 Å². The molecule has 5 nitrogen and oxygen atoms in total. The predicted molar refractivity (Wildman–Crippen MR) is 106 cm³/mol. The van der Waals surface area contributed by atoms with Crippen LogP contribution in [0.5, 0.6) is 0 Å². The van der Waals surface area contributed by atoms with Crippen LogP contribution in [-0.2, 0) is 12.0 Å². The number of aliphatic imine (C=N–C) groups is 1. The van der Waals surface area contributed by atoms with E-state index >= 15 is 0 Å². The number of hydrogen-bond acceptors (Lipinski definition) is 3. The maximum Gasteiger partial charge on any atom is 0.191 e. The summed E-state index contributed by atoms with van der Waals surface area (Å²) in [6.45, 7) is 5.93. The van der Waals surface area contributed by atoms with E-state index in [-0.39, 0.29) is 5.41 Å². The molecule has 2 aromatic rings. The van der Waals surface area contributed by atoms with Crippen LogP contribution >= 0.6 is 0 Å². The molecular weight excluding hydrogens is 310 g/mol. The fourth-order valence-electron chi connectivity index (χ4n) is 2.67. The first-order valence-electron chi connectivity index (χ1n) is 8.55. The second-order valence-corrected chi connectivity index (χ2v) is 6.91. The summed E-state index contributed by atoms with van der Waals surface area (Å²) in [7, 11) is 5.80. The van der Waals surface area contributed by atoms with Crippen LogP contribution in [0.25, 0.3) is 0 Å². The second-order valence-electron chi connectivity index (χ2n) is 6.91. The minimum absolute atomic E-state index is 0.0159. The Labute approximate surface area is 151 Å². The minimum Gasteiger partial charge on any atom is -0.362 e. The van der Waals surface area contributed by atoms with E-state index in [1.54, 1.807) is 7.05 Å². The lowest BCUT2D eigenvalue weighted by molar-refractivity contribution is 0.508. The first kappa shape index (κ1) is 18.8. The van der Waals surface area contributed by atoms with Crippen LogP contribution in [0.15, 0.2) is 53.7 Å². The summed E-state index contributed by atoms with van der Waals surface area (Å²) in [6.07, 6.45) is 1.81. The van der Waals surface area contributed by atoms with Gasteiger partial charge in [0.2, 0.25) is 0 Å². The minimum atomic E-state index is 0.0159. The van der Waals surface area contributed by atoms with Crippen LogP contribution in [0, 0.1) is 0 Å². The van der Waals surface area contributed by atoms with Crippen molar-refractivity contribution in [2.45, 2.75) is 25.8 Å².